The molecule has 38 heavy (non-hydrogen) atoms. The van der Waals surface area contributed by atoms with Crippen LogP contribution in [0.4, 0.5) is 0 Å². The predicted octanol–water partition coefficient (Wildman–Crippen LogP) is 2.68. The van der Waals surface area contributed by atoms with Crippen molar-refractivity contribution >= 4 is 10.9 Å². The van der Waals surface area contributed by atoms with Crippen LogP contribution >= 0.6 is 0 Å². The number of fused-ring (bicyclic) bond motifs is 2. The normalized spacial score (nSPS) is 16.8. The van der Waals surface area contributed by atoms with Gasteiger partial charge in [-0.25, -0.2) is 4.68 Å². The fourth-order valence-corrected chi connectivity index (χ4v) is 5.05. The van der Waals surface area contributed by atoms with Crippen molar-refractivity contribution in [1.29, 1.82) is 0 Å². The van der Waals surface area contributed by atoms with E-state index in [0.717, 1.165) is 36.1 Å². The fourth-order valence-electron chi connectivity index (χ4n) is 5.05. The minimum atomic E-state index is -0.154. The highest BCUT2D eigenvalue weighted by atomic mass is 16.6. The number of hydrogen-bond donors (Lipinski definition) is 1. The molecule has 2 aromatic carbocycles. The van der Waals surface area contributed by atoms with Crippen molar-refractivity contribution in [2.75, 3.05) is 26.9 Å². The number of ether oxygens (including phenoxy) is 4. The van der Waals surface area contributed by atoms with Gasteiger partial charge < -0.3 is 23.9 Å². The van der Waals surface area contributed by atoms with Gasteiger partial charge in [-0.3, -0.25) is 9.69 Å². The van der Waals surface area contributed by atoms with Crippen LogP contribution in [0.1, 0.15) is 29.8 Å². The lowest BCUT2D eigenvalue weighted by Gasteiger charge is -2.23. The Balaban J connectivity index is 1.31. The Bertz CT molecular complexity index is 1480. The van der Waals surface area contributed by atoms with Gasteiger partial charge in [-0.05, 0) is 41.5 Å². The molecule has 0 saturated carbocycles. The van der Waals surface area contributed by atoms with Gasteiger partial charge in [-0.15, -0.1) is 5.10 Å². The number of hydrogen-bond acceptors (Lipinski definition) is 9. The molecule has 4 heterocycles. The molecule has 4 aromatic rings. The average Bonchev–Trinajstić information content (AvgIpc) is 3.61. The molecule has 2 aromatic heterocycles. The van der Waals surface area contributed by atoms with E-state index in [2.05, 4.69) is 25.4 Å². The number of methoxy groups -OCH3 is 1. The molecule has 11 heteroatoms. The fraction of sp³-hybridized carbons (Fsp3) is 0.407. The van der Waals surface area contributed by atoms with Crippen LogP contribution < -0.4 is 19.8 Å². The van der Waals surface area contributed by atoms with Crippen LogP contribution in [-0.4, -0.2) is 63.1 Å². The third kappa shape index (κ3) is 5.20. The summed E-state index contributed by atoms with van der Waals surface area (Å²) in [4.78, 5) is 18.3. The lowest BCUT2D eigenvalue weighted by molar-refractivity contribution is 0.0914. The number of benzene rings is 2. The number of nitrogens with zero attached hydrogens (tertiary/aromatic N) is 5. The van der Waals surface area contributed by atoms with Crippen LogP contribution in [0, 0.1) is 0 Å². The number of pyridine rings is 1. The van der Waals surface area contributed by atoms with Crippen LogP contribution in [-0.2, 0) is 30.9 Å². The van der Waals surface area contributed by atoms with Gasteiger partial charge in [0.15, 0.2) is 17.3 Å². The highest BCUT2D eigenvalue weighted by Gasteiger charge is 2.22. The van der Waals surface area contributed by atoms with E-state index >= 15 is 0 Å². The quantitative estimate of drug-likeness (QED) is 0.357. The van der Waals surface area contributed by atoms with Gasteiger partial charge in [0, 0.05) is 42.3 Å². The predicted molar refractivity (Wildman–Crippen MR) is 138 cm³/mol. The first kappa shape index (κ1) is 24.4. The first-order valence-electron chi connectivity index (χ1n) is 12.8. The summed E-state index contributed by atoms with van der Waals surface area (Å²) in [6.07, 6.45) is 2.16. The van der Waals surface area contributed by atoms with Gasteiger partial charge in [0.1, 0.15) is 19.0 Å². The smallest absolute Gasteiger partial charge is 0.252 e. The first-order valence-corrected chi connectivity index (χ1v) is 12.8. The van der Waals surface area contributed by atoms with Crippen LogP contribution in [0.5, 0.6) is 17.2 Å². The summed E-state index contributed by atoms with van der Waals surface area (Å²) in [7, 11) is 1.66. The lowest BCUT2D eigenvalue weighted by Crippen LogP contribution is -2.29. The Morgan fingerprint density at radius 3 is 2.68 bits per heavy atom. The van der Waals surface area contributed by atoms with Crippen LogP contribution in [0.15, 0.2) is 47.3 Å². The van der Waals surface area contributed by atoms with Crippen molar-refractivity contribution in [1.82, 2.24) is 30.1 Å². The maximum Gasteiger partial charge on any atom is 0.252 e. The van der Waals surface area contributed by atoms with E-state index < -0.39 is 0 Å². The molecular weight excluding hydrogens is 488 g/mol. The molecule has 0 bridgehead atoms. The molecule has 11 nitrogen and oxygen atoms in total. The molecule has 0 amide bonds. The Kier molecular flexibility index (Phi) is 6.93. The summed E-state index contributed by atoms with van der Waals surface area (Å²) < 4.78 is 24.6. The summed E-state index contributed by atoms with van der Waals surface area (Å²) in [6.45, 7) is 3.73. The Labute approximate surface area is 219 Å². The van der Waals surface area contributed by atoms with Crippen LogP contribution in [0.2, 0.25) is 0 Å². The molecule has 198 valence electrons. The van der Waals surface area contributed by atoms with Crippen molar-refractivity contribution in [3.63, 3.8) is 0 Å². The van der Waals surface area contributed by atoms with Gasteiger partial charge in [-0.1, -0.05) is 18.2 Å². The molecule has 1 saturated heterocycles. The summed E-state index contributed by atoms with van der Waals surface area (Å²) in [6, 6.07) is 13.5. The van der Waals surface area contributed by atoms with Crippen molar-refractivity contribution in [3.05, 3.63) is 69.8 Å². The number of aromatic amines is 1. The summed E-state index contributed by atoms with van der Waals surface area (Å²) in [5.41, 5.74) is 2.19. The number of H-pyrrole nitrogens is 1. The summed E-state index contributed by atoms with van der Waals surface area (Å²) >= 11 is 0. The van der Waals surface area contributed by atoms with Gasteiger partial charge in [0.05, 0.1) is 31.8 Å². The van der Waals surface area contributed by atoms with Gasteiger partial charge in [-0.2, -0.15) is 0 Å². The Morgan fingerprint density at radius 2 is 1.87 bits per heavy atom. The summed E-state index contributed by atoms with van der Waals surface area (Å²) in [5, 5.41) is 13.3. The summed E-state index contributed by atoms with van der Waals surface area (Å²) in [5.74, 6) is 2.82. The minimum Gasteiger partial charge on any atom is -0.496 e. The van der Waals surface area contributed by atoms with Crippen molar-refractivity contribution in [2.24, 2.45) is 0 Å². The van der Waals surface area contributed by atoms with E-state index in [9.17, 15) is 4.79 Å². The largest absolute Gasteiger partial charge is 0.496 e. The third-order valence-electron chi connectivity index (χ3n) is 6.94. The SMILES string of the molecule is COc1ccccc1CN(Cc1cc2cc3c(cc2[nH]c1=O)OCCO3)Cc1nnnn1C[C@H]1CCCO1. The number of nitrogens with one attached hydrogen (secondary N) is 1. The highest BCUT2D eigenvalue weighted by molar-refractivity contribution is 5.83. The maximum absolute atomic E-state index is 13.2. The minimum absolute atomic E-state index is 0.111. The topological polar surface area (TPSA) is 117 Å². The maximum atomic E-state index is 13.2. The highest BCUT2D eigenvalue weighted by Crippen LogP contribution is 2.34. The van der Waals surface area contributed by atoms with E-state index in [0.29, 0.717) is 67.8 Å². The second kappa shape index (κ2) is 10.8. The zero-order chi connectivity index (χ0) is 25.9. The third-order valence-corrected chi connectivity index (χ3v) is 6.94. The molecular formula is C27H30N6O5. The first-order chi connectivity index (χ1) is 18.7. The second-order valence-corrected chi connectivity index (χ2v) is 9.58. The van der Waals surface area contributed by atoms with Crippen molar-refractivity contribution in [2.45, 2.75) is 45.1 Å². The van der Waals surface area contributed by atoms with Crippen LogP contribution in [0.25, 0.3) is 10.9 Å². The zero-order valence-corrected chi connectivity index (χ0v) is 21.3. The molecule has 2 aliphatic heterocycles. The molecule has 0 radical (unpaired) electrons. The molecule has 1 fully saturated rings. The van der Waals surface area contributed by atoms with Gasteiger partial charge >= 0.3 is 0 Å². The lowest BCUT2D eigenvalue weighted by atomic mass is 10.1. The molecule has 2 aliphatic rings. The molecule has 1 N–H and O–H groups in total. The molecule has 0 spiro atoms. The molecule has 1 atom stereocenters. The molecule has 6 rings (SSSR count). The number of rotatable bonds is 9. The number of para-hydroxylation sites is 1. The van der Waals surface area contributed by atoms with E-state index in [1.165, 1.54) is 0 Å². The van der Waals surface area contributed by atoms with E-state index in [1.54, 1.807) is 11.8 Å². The van der Waals surface area contributed by atoms with Crippen molar-refractivity contribution in [3.8, 4) is 17.2 Å². The van der Waals surface area contributed by atoms with Gasteiger partial charge in [0.25, 0.3) is 5.56 Å². The Morgan fingerprint density at radius 1 is 1.05 bits per heavy atom. The van der Waals surface area contributed by atoms with E-state index in [-0.39, 0.29) is 11.7 Å². The molecule has 0 aliphatic carbocycles. The second-order valence-electron chi connectivity index (χ2n) is 9.58. The zero-order valence-electron chi connectivity index (χ0n) is 21.3. The number of tetrazole rings is 1. The van der Waals surface area contributed by atoms with Crippen LogP contribution in [0.3, 0.4) is 0 Å². The van der Waals surface area contributed by atoms with E-state index in [1.807, 2.05) is 42.5 Å². The van der Waals surface area contributed by atoms with Gasteiger partial charge in [0.2, 0.25) is 0 Å². The van der Waals surface area contributed by atoms with Crippen molar-refractivity contribution < 1.29 is 18.9 Å². The molecule has 0 unspecified atom stereocenters. The standard InChI is InChI=1S/C27H30N6O5/c1-35-23-7-3-2-5-18(23)14-32(17-26-29-30-31-33(26)16-21-6-4-8-36-21)15-20-11-19-12-24-25(38-10-9-37-24)13-22(19)28-27(20)34/h2-3,5,7,11-13,21H,4,6,8-10,14-17H2,1H3,(H,28,34)/t21-/m1/s1. The number of aromatic nitrogens is 5. The average molecular weight is 519 g/mol. The monoisotopic (exact) mass is 518 g/mol. The van der Waals surface area contributed by atoms with E-state index in [4.69, 9.17) is 18.9 Å². The Hall–Kier alpha value is -3.96.